The van der Waals surface area contributed by atoms with Crippen molar-refractivity contribution >= 4 is 15.7 Å². The summed E-state index contributed by atoms with van der Waals surface area (Å²) in [5, 5.41) is 14.1. The van der Waals surface area contributed by atoms with Gasteiger partial charge in [0.1, 0.15) is 0 Å². The van der Waals surface area contributed by atoms with Crippen molar-refractivity contribution in [3.8, 4) is 5.75 Å². The smallest absolute Gasteiger partial charge is 0.311 e. The van der Waals surface area contributed by atoms with Crippen molar-refractivity contribution in [2.24, 2.45) is 5.14 Å². The minimum absolute atomic E-state index is 0.536. The van der Waals surface area contributed by atoms with E-state index in [1.807, 2.05) is 0 Å². The summed E-state index contributed by atoms with van der Waals surface area (Å²) in [7, 11) is -3.61. The topological polar surface area (TPSA) is 125 Å². The molecule has 0 aliphatic heterocycles. The molecule has 0 fully saturated rings. The average Bonchev–Trinajstić information content (AvgIpc) is 2.25. The molecule has 0 atom stereocenters. The summed E-state index contributed by atoms with van der Waals surface area (Å²) in [5.74, 6) is -0.593. The lowest BCUT2D eigenvalue weighted by molar-refractivity contribution is -0.388. The van der Waals surface area contributed by atoms with Crippen LogP contribution in [-0.4, -0.2) is 25.4 Å². The van der Waals surface area contributed by atoms with Gasteiger partial charge in [0.15, 0.2) is 11.4 Å². The van der Waals surface area contributed by atoms with Gasteiger partial charge in [-0.1, -0.05) is 0 Å². The van der Waals surface area contributed by atoms with Crippen molar-refractivity contribution in [2.75, 3.05) is 7.11 Å². The maximum Gasteiger partial charge on any atom is 0.311 e. The van der Waals surface area contributed by atoms with Gasteiger partial charge in [-0.05, 0) is 0 Å². The second-order valence-corrected chi connectivity index (χ2v) is 4.48. The third kappa shape index (κ3) is 2.68. The maximum absolute atomic E-state index is 12.6. The predicted molar refractivity (Wildman–Crippen MR) is 53.8 cm³/mol. The van der Waals surface area contributed by atoms with Crippen LogP contribution in [0.3, 0.4) is 0 Å². The van der Waals surface area contributed by atoms with E-state index in [4.69, 9.17) is 0 Å². The Hall–Kier alpha value is -1.88. The van der Waals surface area contributed by atoms with Gasteiger partial charge in [0.25, 0.3) is 16.4 Å². The zero-order valence-electron chi connectivity index (χ0n) is 8.83. The number of methoxy groups -OCH3 is 1. The molecule has 0 amide bonds. The third-order valence-electron chi connectivity index (χ3n) is 1.85. The Morgan fingerprint density at radius 3 is 2.44 bits per heavy atom. The molecule has 0 aliphatic carbocycles. The molecule has 1 heterocycles. The average molecular weight is 283 g/mol. The van der Waals surface area contributed by atoms with Gasteiger partial charge in [-0.3, -0.25) is 10.1 Å². The maximum atomic E-state index is 12.6. The molecule has 2 N–H and O–H groups in total. The highest BCUT2D eigenvalue weighted by Gasteiger charge is 2.30. The van der Waals surface area contributed by atoms with Gasteiger partial charge in [-0.15, -0.1) is 0 Å². The molecule has 1 aromatic rings. The molecule has 0 aromatic carbocycles. The molecule has 100 valence electrons. The highest BCUT2D eigenvalue weighted by Crippen LogP contribution is 2.33. The van der Waals surface area contributed by atoms with Crippen molar-refractivity contribution < 1.29 is 26.9 Å². The summed E-state index contributed by atoms with van der Waals surface area (Å²) in [6, 6.07) is 0.536. The Balaban J connectivity index is 3.69. The first-order chi connectivity index (χ1) is 8.18. The molecule has 8 nitrogen and oxygen atoms in total. The van der Waals surface area contributed by atoms with Crippen molar-refractivity contribution in [3.63, 3.8) is 0 Å². The monoisotopic (exact) mass is 283 g/mol. The first-order valence-electron chi connectivity index (χ1n) is 4.22. The summed E-state index contributed by atoms with van der Waals surface area (Å²) in [6.45, 7) is 0. The van der Waals surface area contributed by atoms with E-state index in [1.165, 1.54) is 0 Å². The van der Waals surface area contributed by atoms with Crippen LogP contribution in [0, 0.1) is 10.1 Å². The molecule has 0 saturated heterocycles. The fourth-order valence-corrected chi connectivity index (χ4v) is 1.79. The van der Waals surface area contributed by atoms with Crippen LogP contribution in [0.1, 0.15) is 12.1 Å². The van der Waals surface area contributed by atoms with Crippen molar-refractivity contribution in [1.82, 2.24) is 4.98 Å². The predicted octanol–water partition coefficient (Wildman–Crippen LogP) is 0.583. The Morgan fingerprint density at radius 1 is 1.56 bits per heavy atom. The molecular weight excluding hydrogens is 276 g/mol. The summed E-state index contributed by atoms with van der Waals surface area (Å²) >= 11 is 0. The van der Waals surface area contributed by atoms with E-state index >= 15 is 0 Å². The molecule has 0 unspecified atom stereocenters. The molecule has 0 saturated carbocycles. The summed E-state index contributed by atoms with van der Waals surface area (Å²) < 4.78 is 51.7. The molecule has 0 spiro atoms. The van der Waals surface area contributed by atoms with Gasteiger partial charge >= 0.3 is 5.69 Å². The standard InChI is InChI=1S/C7H7F2N3O5S/c1-17-4-2-3(12(13)14)7(18(10,15)16)11-5(4)6(8)9/h2,6H,1H3,(H2,10,15,16). The van der Waals surface area contributed by atoms with Crippen LogP contribution in [0.25, 0.3) is 0 Å². The van der Waals surface area contributed by atoms with E-state index < -0.39 is 43.5 Å². The number of rotatable bonds is 4. The van der Waals surface area contributed by atoms with Crippen LogP contribution in [0.5, 0.6) is 5.75 Å². The van der Waals surface area contributed by atoms with E-state index in [9.17, 15) is 27.3 Å². The van der Waals surface area contributed by atoms with Crippen molar-refractivity contribution in [3.05, 3.63) is 21.9 Å². The fourth-order valence-electron chi connectivity index (χ4n) is 1.14. The van der Waals surface area contributed by atoms with Gasteiger partial charge in [0.2, 0.25) is 5.03 Å². The number of ether oxygens (including phenoxy) is 1. The third-order valence-corrected chi connectivity index (χ3v) is 2.69. The lowest BCUT2D eigenvalue weighted by atomic mass is 10.3. The first kappa shape index (κ1) is 14.2. The van der Waals surface area contributed by atoms with Crippen molar-refractivity contribution in [2.45, 2.75) is 11.5 Å². The van der Waals surface area contributed by atoms with Crippen LogP contribution in [0.2, 0.25) is 0 Å². The number of sulfonamides is 1. The highest BCUT2D eigenvalue weighted by molar-refractivity contribution is 7.89. The number of hydrogen-bond donors (Lipinski definition) is 1. The lowest BCUT2D eigenvalue weighted by Crippen LogP contribution is -2.17. The van der Waals surface area contributed by atoms with Crippen LogP contribution in [0.15, 0.2) is 11.1 Å². The van der Waals surface area contributed by atoms with Gasteiger partial charge in [-0.25, -0.2) is 27.3 Å². The second-order valence-electron chi connectivity index (χ2n) is 3.00. The Bertz CT molecular complexity index is 589. The molecule has 0 aliphatic rings. The number of pyridine rings is 1. The van der Waals surface area contributed by atoms with Crippen LogP contribution in [-0.2, 0) is 10.0 Å². The fraction of sp³-hybridized carbons (Fsp3) is 0.286. The quantitative estimate of drug-likeness (QED) is 0.636. The van der Waals surface area contributed by atoms with E-state index in [0.29, 0.717) is 6.07 Å². The first-order valence-corrected chi connectivity index (χ1v) is 5.77. The minimum atomic E-state index is -4.60. The molecule has 11 heteroatoms. The van der Waals surface area contributed by atoms with Gasteiger partial charge in [-0.2, -0.15) is 0 Å². The zero-order valence-corrected chi connectivity index (χ0v) is 9.65. The highest BCUT2D eigenvalue weighted by atomic mass is 32.2. The Labute approximate surface area is 99.6 Å². The number of primary sulfonamides is 1. The number of aromatic nitrogens is 1. The number of nitro groups is 1. The summed E-state index contributed by atoms with van der Waals surface area (Å²) in [6.07, 6.45) is -3.17. The molecule has 0 bridgehead atoms. The Kier molecular flexibility index (Phi) is 3.76. The SMILES string of the molecule is COc1cc([N+](=O)[O-])c(S(N)(=O)=O)nc1C(F)F. The van der Waals surface area contributed by atoms with Crippen LogP contribution in [0.4, 0.5) is 14.5 Å². The van der Waals surface area contributed by atoms with Crippen molar-refractivity contribution in [1.29, 1.82) is 0 Å². The summed E-state index contributed by atoms with van der Waals surface area (Å²) in [5.41, 5.74) is -2.06. The van der Waals surface area contributed by atoms with E-state index in [-0.39, 0.29) is 0 Å². The normalized spacial score (nSPS) is 11.6. The summed E-state index contributed by atoms with van der Waals surface area (Å²) in [4.78, 5) is 12.5. The number of hydrogen-bond acceptors (Lipinski definition) is 6. The van der Waals surface area contributed by atoms with Gasteiger partial charge < -0.3 is 4.74 Å². The molecule has 18 heavy (non-hydrogen) atoms. The molecule has 0 radical (unpaired) electrons. The van der Waals surface area contributed by atoms with E-state index in [0.717, 1.165) is 7.11 Å². The van der Waals surface area contributed by atoms with E-state index in [1.54, 1.807) is 0 Å². The Morgan fingerprint density at radius 2 is 2.11 bits per heavy atom. The molecular formula is C7H7F2N3O5S. The number of alkyl halides is 2. The largest absolute Gasteiger partial charge is 0.494 e. The van der Waals surface area contributed by atoms with Gasteiger partial charge in [0.05, 0.1) is 18.1 Å². The number of nitrogens with two attached hydrogens (primary N) is 1. The van der Waals surface area contributed by atoms with Gasteiger partial charge in [0, 0.05) is 0 Å². The van der Waals surface area contributed by atoms with Crippen LogP contribution >= 0.6 is 0 Å². The lowest BCUT2D eigenvalue weighted by Gasteiger charge is -2.08. The minimum Gasteiger partial charge on any atom is -0.494 e. The van der Waals surface area contributed by atoms with Crippen LogP contribution < -0.4 is 9.88 Å². The number of nitrogens with zero attached hydrogens (tertiary/aromatic N) is 2. The van der Waals surface area contributed by atoms with E-state index in [2.05, 4.69) is 14.9 Å². The second kappa shape index (κ2) is 4.78. The molecule has 1 aromatic heterocycles. The zero-order chi connectivity index (χ0) is 14.1. The number of halogens is 2. The molecule has 1 rings (SSSR count).